The average molecular weight is 287 g/mol. The fourth-order valence-corrected chi connectivity index (χ4v) is 2.72. The number of pyridine rings is 1. The van der Waals surface area contributed by atoms with Crippen LogP contribution in [0.25, 0.3) is 0 Å². The predicted octanol–water partition coefficient (Wildman–Crippen LogP) is 4.03. The van der Waals surface area contributed by atoms with E-state index < -0.39 is 6.10 Å². The Labute approximate surface area is 125 Å². The molecular formula is C17H21NOS. The second-order valence-corrected chi connectivity index (χ2v) is 6.07. The number of aromatic nitrogens is 1. The van der Waals surface area contributed by atoms with Gasteiger partial charge in [0.25, 0.3) is 0 Å². The highest BCUT2D eigenvalue weighted by atomic mass is 32.2. The topological polar surface area (TPSA) is 33.1 Å². The van der Waals surface area contributed by atoms with E-state index in [9.17, 15) is 5.11 Å². The fraction of sp³-hybridized carbons (Fsp3) is 0.353. The molecule has 2 aromatic rings. The molecule has 0 fully saturated rings. The van der Waals surface area contributed by atoms with E-state index in [1.54, 1.807) is 0 Å². The number of hydrogen-bond acceptors (Lipinski definition) is 3. The summed E-state index contributed by atoms with van der Waals surface area (Å²) in [4.78, 5) is 5.64. The molecule has 20 heavy (non-hydrogen) atoms. The number of hydrogen-bond donors (Lipinski definition) is 1. The molecule has 1 unspecified atom stereocenters. The minimum absolute atomic E-state index is 0.490. The summed E-state index contributed by atoms with van der Waals surface area (Å²) in [6.07, 6.45) is 2.95. The lowest BCUT2D eigenvalue weighted by Gasteiger charge is -2.11. The van der Waals surface area contributed by atoms with Crippen LogP contribution in [0.1, 0.15) is 36.8 Å². The molecule has 2 rings (SSSR count). The molecule has 1 atom stereocenters. The first-order chi connectivity index (χ1) is 9.72. The Kier molecular flexibility index (Phi) is 5.62. The van der Waals surface area contributed by atoms with Crippen LogP contribution in [0, 0.1) is 0 Å². The van der Waals surface area contributed by atoms with Crippen LogP contribution in [0.3, 0.4) is 0 Å². The van der Waals surface area contributed by atoms with Crippen LogP contribution in [-0.2, 0) is 12.8 Å². The first-order valence-corrected chi connectivity index (χ1v) is 8.06. The number of aryl methyl sites for hydroxylation is 1. The van der Waals surface area contributed by atoms with E-state index in [0.29, 0.717) is 6.42 Å². The van der Waals surface area contributed by atoms with E-state index in [4.69, 9.17) is 0 Å². The lowest BCUT2D eigenvalue weighted by molar-refractivity contribution is 0.177. The molecule has 1 aromatic carbocycles. The van der Waals surface area contributed by atoms with E-state index in [0.717, 1.165) is 23.4 Å². The van der Waals surface area contributed by atoms with Crippen molar-refractivity contribution in [1.82, 2.24) is 4.98 Å². The van der Waals surface area contributed by atoms with Gasteiger partial charge in [-0.1, -0.05) is 32.0 Å². The summed E-state index contributed by atoms with van der Waals surface area (Å²) in [6, 6.07) is 12.2. The van der Waals surface area contributed by atoms with Gasteiger partial charge in [0.05, 0.1) is 6.10 Å². The van der Waals surface area contributed by atoms with Gasteiger partial charge in [0.15, 0.2) is 0 Å². The van der Waals surface area contributed by atoms with Crippen LogP contribution in [0.2, 0.25) is 0 Å². The van der Waals surface area contributed by atoms with Gasteiger partial charge in [0, 0.05) is 23.2 Å². The van der Waals surface area contributed by atoms with Crippen molar-refractivity contribution in [2.24, 2.45) is 0 Å². The molecule has 2 nitrogen and oxygen atoms in total. The fourth-order valence-electron chi connectivity index (χ4n) is 2.05. The first-order valence-electron chi connectivity index (χ1n) is 7.07. The smallest absolute Gasteiger partial charge is 0.0845 e. The van der Waals surface area contributed by atoms with E-state index in [1.165, 1.54) is 10.5 Å². The van der Waals surface area contributed by atoms with Crippen LogP contribution in [0.15, 0.2) is 47.5 Å². The number of benzene rings is 1. The monoisotopic (exact) mass is 287 g/mol. The maximum atomic E-state index is 10.3. The summed E-state index contributed by atoms with van der Waals surface area (Å²) in [7, 11) is 0. The maximum Gasteiger partial charge on any atom is 0.0845 e. The van der Waals surface area contributed by atoms with Gasteiger partial charge in [-0.15, -0.1) is 11.8 Å². The third-order valence-electron chi connectivity index (χ3n) is 3.27. The third-order valence-corrected chi connectivity index (χ3v) is 4.17. The molecule has 0 bridgehead atoms. The molecule has 3 heteroatoms. The van der Waals surface area contributed by atoms with Crippen molar-refractivity contribution in [3.05, 3.63) is 59.4 Å². The highest BCUT2D eigenvalue weighted by molar-refractivity contribution is 7.99. The number of rotatable bonds is 6. The van der Waals surface area contributed by atoms with Crippen LogP contribution < -0.4 is 0 Å². The quantitative estimate of drug-likeness (QED) is 0.814. The molecule has 0 aliphatic carbocycles. The van der Waals surface area contributed by atoms with Gasteiger partial charge in [-0.2, -0.15) is 0 Å². The summed E-state index contributed by atoms with van der Waals surface area (Å²) in [6.45, 7) is 4.25. The molecule has 0 radical (unpaired) electrons. The van der Waals surface area contributed by atoms with Crippen molar-refractivity contribution in [2.75, 3.05) is 5.75 Å². The molecule has 1 heterocycles. The second kappa shape index (κ2) is 7.46. The minimum Gasteiger partial charge on any atom is -0.388 e. The molecule has 1 N–H and O–H groups in total. The molecule has 0 spiro atoms. The number of thioether (sulfide) groups is 1. The Morgan fingerprint density at radius 3 is 2.40 bits per heavy atom. The lowest BCUT2D eigenvalue weighted by Crippen LogP contribution is -2.03. The van der Waals surface area contributed by atoms with Gasteiger partial charge < -0.3 is 5.11 Å². The van der Waals surface area contributed by atoms with E-state index >= 15 is 0 Å². The summed E-state index contributed by atoms with van der Waals surface area (Å²) in [5.74, 6) is 1.07. The van der Waals surface area contributed by atoms with Crippen molar-refractivity contribution in [2.45, 2.75) is 37.7 Å². The van der Waals surface area contributed by atoms with Gasteiger partial charge in [-0.25, -0.2) is 0 Å². The van der Waals surface area contributed by atoms with Crippen LogP contribution in [-0.4, -0.2) is 15.8 Å². The van der Waals surface area contributed by atoms with Crippen molar-refractivity contribution in [1.29, 1.82) is 0 Å². The molecule has 0 aliphatic heterocycles. The molecule has 0 aliphatic rings. The van der Waals surface area contributed by atoms with E-state index in [-0.39, 0.29) is 0 Å². The zero-order chi connectivity index (χ0) is 14.4. The molecule has 1 aromatic heterocycles. The highest BCUT2D eigenvalue weighted by Crippen LogP contribution is 2.22. The van der Waals surface area contributed by atoms with Crippen molar-refractivity contribution >= 4 is 11.8 Å². The van der Waals surface area contributed by atoms with Crippen LogP contribution in [0.5, 0.6) is 0 Å². The summed E-state index contributed by atoms with van der Waals surface area (Å²) >= 11 is 1.81. The molecule has 0 saturated carbocycles. The average Bonchev–Trinajstić information content (AvgIpc) is 2.49. The number of aliphatic hydroxyl groups excluding tert-OH is 1. The summed E-state index contributed by atoms with van der Waals surface area (Å²) in [5.41, 5.74) is 3.11. The highest BCUT2D eigenvalue weighted by Gasteiger charge is 2.09. The molecule has 106 valence electrons. The Balaban J connectivity index is 2.01. The minimum atomic E-state index is -0.490. The number of nitrogens with zero attached hydrogens (tertiary/aromatic N) is 1. The standard InChI is InChI=1S/C17H21NOS/c1-3-13-5-8-15(18-12-13)11-17(19)14-6-9-16(10-7-14)20-4-2/h5-10,12,17,19H,3-4,11H2,1-2H3. The summed E-state index contributed by atoms with van der Waals surface area (Å²) < 4.78 is 0. The molecule has 0 saturated heterocycles. The number of aliphatic hydroxyl groups is 1. The van der Waals surface area contributed by atoms with Crippen molar-refractivity contribution in [3.8, 4) is 0 Å². The van der Waals surface area contributed by atoms with Gasteiger partial charge in [-0.3, -0.25) is 4.98 Å². The first kappa shape index (κ1) is 15.1. The van der Waals surface area contributed by atoms with Gasteiger partial charge in [0.2, 0.25) is 0 Å². The van der Waals surface area contributed by atoms with Gasteiger partial charge in [-0.05, 0) is 41.5 Å². The second-order valence-electron chi connectivity index (χ2n) is 4.73. The Morgan fingerprint density at radius 1 is 1.10 bits per heavy atom. The zero-order valence-corrected chi connectivity index (χ0v) is 12.9. The zero-order valence-electron chi connectivity index (χ0n) is 12.0. The Morgan fingerprint density at radius 2 is 1.85 bits per heavy atom. The molecular weight excluding hydrogens is 266 g/mol. The van der Waals surface area contributed by atoms with Gasteiger partial charge >= 0.3 is 0 Å². The van der Waals surface area contributed by atoms with Crippen LogP contribution in [0.4, 0.5) is 0 Å². The van der Waals surface area contributed by atoms with E-state index in [1.807, 2.05) is 36.2 Å². The lowest BCUT2D eigenvalue weighted by atomic mass is 10.0. The predicted molar refractivity (Wildman–Crippen MR) is 85.1 cm³/mol. The van der Waals surface area contributed by atoms with Crippen molar-refractivity contribution < 1.29 is 5.11 Å². The SMILES string of the molecule is CCSc1ccc(C(O)Cc2ccc(CC)cn2)cc1. The molecule has 0 amide bonds. The van der Waals surface area contributed by atoms with Crippen molar-refractivity contribution in [3.63, 3.8) is 0 Å². The Bertz CT molecular complexity index is 522. The van der Waals surface area contributed by atoms with E-state index in [2.05, 4.69) is 37.0 Å². The largest absolute Gasteiger partial charge is 0.388 e. The van der Waals surface area contributed by atoms with Gasteiger partial charge in [0.1, 0.15) is 0 Å². The maximum absolute atomic E-state index is 10.3. The Hall–Kier alpha value is -1.32. The summed E-state index contributed by atoms with van der Waals surface area (Å²) in [5, 5.41) is 10.3. The van der Waals surface area contributed by atoms with Crippen LogP contribution >= 0.6 is 11.8 Å². The normalized spacial score (nSPS) is 12.3. The third kappa shape index (κ3) is 4.09.